The molecule has 0 saturated heterocycles. The van der Waals surface area contributed by atoms with E-state index in [2.05, 4.69) is 0 Å². The number of rotatable bonds is 4. The predicted molar refractivity (Wildman–Crippen MR) is 49.7 cm³/mol. The van der Waals surface area contributed by atoms with Gasteiger partial charge in [0, 0.05) is 13.7 Å². The molecule has 0 aliphatic rings. The number of methoxy groups -OCH3 is 1. The lowest BCUT2D eigenvalue weighted by Crippen LogP contribution is -2.20. The highest BCUT2D eigenvalue weighted by atomic mass is 19.1. The Morgan fingerprint density at radius 2 is 1.92 bits per heavy atom. The van der Waals surface area contributed by atoms with E-state index < -0.39 is 0 Å². The lowest BCUT2D eigenvalue weighted by molar-refractivity contribution is 0.0771. The molecule has 0 N–H and O–H groups in total. The number of ether oxygens (including phenoxy) is 1. The first-order valence-electron chi connectivity index (χ1n) is 4.14. The van der Waals surface area contributed by atoms with Gasteiger partial charge >= 0.3 is 0 Å². The Kier molecular flexibility index (Phi) is 3.86. The van der Waals surface area contributed by atoms with E-state index in [1.165, 1.54) is 12.1 Å². The summed E-state index contributed by atoms with van der Waals surface area (Å²) < 4.78 is 17.5. The maximum absolute atomic E-state index is 12.5. The van der Waals surface area contributed by atoms with Gasteiger partial charge in [0.15, 0.2) is 0 Å². The van der Waals surface area contributed by atoms with Crippen LogP contribution in [0.2, 0.25) is 0 Å². The van der Waals surface area contributed by atoms with Crippen molar-refractivity contribution in [3.8, 4) is 0 Å². The van der Waals surface area contributed by atoms with Gasteiger partial charge < -0.3 is 4.74 Å². The average molecular weight is 183 g/mol. The Morgan fingerprint density at radius 1 is 1.31 bits per heavy atom. The van der Waals surface area contributed by atoms with Crippen LogP contribution in [0, 0.1) is 5.82 Å². The Morgan fingerprint density at radius 3 is 2.46 bits per heavy atom. The SMILES string of the molecule is COCN(C)Cc1ccc(F)cc1. The van der Waals surface area contributed by atoms with Crippen molar-refractivity contribution in [1.82, 2.24) is 4.90 Å². The summed E-state index contributed by atoms with van der Waals surface area (Å²) in [7, 11) is 3.61. The molecule has 0 unspecified atom stereocenters. The summed E-state index contributed by atoms with van der Waals surface area (Å²) in [6.45, 7) is 1.35. The van der Waals surface area contributed by atoms with Crippen molar-refractivity contribution in [2.45, 2.75) is 6.54 Å². The van der Waals surface area contributed by atoms with Crippen molar-refractivity contribution < 1.29 is 9.13 Å². The molecule has 1 aromatic rings. The van der Waals surface area contributed by atoms with Crippen molar-refractivity contribution in [1.29, 1.82) is 0 Å². The highest BCUT2D eigenvalue weighted by Gasteiger charge is 1.98. The third-order valence-corrected chi connectivity index (χ3v) is 1.72. The highest BCUT2D eigenvalue weighted by molar-refractivity contribution is 5.15. The van der Waals surface area contributed by atoms with Crippen LogP contribution in [0.4, 0.5) is 4.39 Å². The fourth-order valence-electron chi connectivity index (χ4n) is 1.17. The topological polar surface area (TPSA) is 12.5 Å². The van der Waals surface area contributed by atoms with Crippen molar-refractivity contribution in [2.75, 3.05) is 20.9 Å². The molecule has 1 aromatic carbocycles. The molecule has 0 amide bonds. The summed E-state index contributed by atoms with van der Waals surface area (Å²) in [6.07, 6.45) is 0. The van der Waals surface area contributed by atoms with Gasteiger partial charge in [-0.05, 0) is 24.7 Å². The van der Waals surface area contributed by atoms with Gasteiger partial charge in [-0.2, -0.15) is 0 Å². The van der Waals surface area contributed by atoms with Crippen LogP contribution in [-0.4, -0.2) is 25.8 Å². The van der Waals surface area contributed by atoms with E-state index in [-0.39, 0.29) is 5.82 Å². The molecule has 3 heteroatoms. The molecule has 0 radical (unpaired) electrons. The Balaban J connectivity index is 2.49. The summed E-state index contributed by atoms with van der Waals surface area (Å²) >= 11 is 0. The van der Waals surface area contributed by atoms with Crippen molar-refractivity contribution in [3.05, 3.63) is 35.6 Å². The van der Waals surface area contributed by atoms with Crippen molar-refractivity contribution >= 4 is 0 Å². The minimum Gasteiger partial charge on any atom is -0.369 e. The van der Waals surface area contributed by atoms with Crippen LogP contribution < -0.4 is 0 Å². The fourth-order valence-corrected chi connectivity index (χ4v) is 1.17. The molecular weight excluding hydrogens is 169 g/mol. The van der Waals surface area contributed by atoms with Gasteiger partial charge in [-0.3, -0.25) is 4.90 Å². The first-order valence-corrected chi connectivity index (χ1v) is 4.14. The summed E-state index contributed by atoms with van der Waals surface area (Å²) in [5.41, 5.74) is 1.08. The molecule has 0 fully saturated rings. The maximum Gasteiger partial charge on any atom is 0.123 e. The van der Waals surface area contributed by atoms with E-state index in [9.17, 15) is 4.39 Å². The van der Waals surface area contributed by atoms with E-state index in [1.54, 1.807) is 19.2 Å². The third-order valence-electron chi connectivity index (χ3n) is 1.72. The van der Waals surface area contributed by atoms with Gasteiger partial charge in [0.2, 0.25) is 0 Å². The number of halogens is 1. The molecular formula is C10H14FNO. The van der Waals surface area contributed by atoms with Gasteiger partial charge in [-0.15, -0.1) is 0 Å². The van der Waals surface area contributed by atoms with Crippen LogP contribution in [0.1, 0.15) is 5.56 Å². The third kappa shape index (κ3) is 3.53. The molecule has 0 spiro atoms. The van der Waals surface area contributed by atoms with Crippen LogP contribution >= 0.6 is 0 Å². The largest absolute Gasteiger partial charge is 0.369 e. The van der Waals surface area contributed by atoms with Crippen molar-refractivity contribution in [2.24, 2.45) is 0 Å². The maximum atomic E-state index is 12.5. The zero-order valence-corrected chi connectivity index (χ0v) is 7.96. The first-order chi connectivity index (χ1) is 6.22. The molecule has 0 saturated carbocycles. The van der Waals surface area contributed by atoms with Crippen molar-refractivity contribution in [3.63, 3.8) is 0 Å². The van der Waals surface area contributed by atoms with Crippen LogP contribution in [0.15, 0.2) is 24.3 Å². The first kappa shape index (κ1) is 10.2. The van der Waals surface area contributed by atoms with Gasteiger partial charge in [0.05, 0.1) is 6.73 Å². The molecule has 1 rings (SSSR count). The zero-order chi connectivity index (χ0) is 9.68. The monoisotopic (exact) mass is 183 g/mol. The molecule has 0 atom stereocenters. The molecule has 0 aliphatic carbocycles. The normalized spacial score (nSPS) is 10.8. The standard InChI is InChI=1S/C10H14FNO/c1-12(8-13-2)7-9-3-5-10(11)6-4-9/h3-6H,7-8H2,1-2H3. The van der Waals surface area contributed by atoms with E-state index in [0.29, 0.717) is 6.73 Å². The summed E-state index contributed by atoms with van der Waals surface area (Å²) in [6, 6.07) is 6.49. The summed E-state index contributed by atoms with van der Waals surface area (Å²) in [5.74, 6) is -0.196. The van der Waals surface area contributed by atoms with Gasteiger partial charge in [-0.1, -0.05) is 12.1 Å². The Hall–Kier alpha value is -0.930. The van der Waals surface area contributed by atoms with E-state index in [1.807, 2.05) is 11.9 Å². The highest BCUT2D eigenvalue weighted by Crippen LogP contribution is 2.04. The van der Waals surface area contributed by atoms with Gasteiger partial charge in [-0.25, -0.2) is 4.39 Å². The van der Waals surface area contributed by atoms with Crippen LogP contribution in [-0.2, 0) is 11.3 Å². The Labute approximate surface area is 77.9 Å². The van der Waals surface area contributed by atoms with E-state index >= 15 is 0 Å². The second-order valence-electron chi connectivity index (χ2n) is 3.06. The number of hydrogen-bond donors (Lipinski definition) is 0. The van der Waals surface area contributed by atoms with Gasteiger partial charge in [0.25, 0.3) is 0 Å². The second-order valence-corrected chi connectivity index (χ2v) is 3.06. The number of nitrogens with zero attached hydrogens (tertiary/aromatic N) is 1. The van der Waals surface area contributed by atoms with E-state index in [4.69, 9.17) is 4.74 Å². The lowest BCUT2D eigenvalue weighted by atomic mass is 10.2. The second kappa shape index (κ2) is 4.94. The number of benzene rings is 1. The smallest absolute Gasteiger partial charge is 0.123 e. The summed E-state index contributed by atoms with van der Waals surface area (Å²) in [5, 5.41) is 0. The lowest BCUT2D eigenvalue weighted by Gasteiger charge is -2.14. The fraction of sp³-hybridized carbons (Fsp3) is 0.400. The molecule has 0 bridgehead atoms. The molecule has 13 heavy (non-hydrogen) atoms. The average Bonchev–Trinajstić information content (AvgIpc) is 2.09. The Bertz CT molecular complexity index is 248. The minimum atomic E-state index is -0.196. The summed E-state index contributed by atoms with van der Waals surface area (Å²) in [4.78, 5) is 2.01. The van der Waals surface area contributed by atoms with Crippen LogP contribution in [0.3, 0.4) is 0 Å². The molecule has 0 heterocycles. The quantitative estimate of drug-likeness (QED) is 0.661. The van der Waals surface area contributed by atoms with Crippen LogP contribution in [0.5, 0.6) is 0 Å². The molecule has 0 aromatic heterocycles. The minimum absolute atomic E-state index is 0.196. The number of hydrogen-bond acceptors (Lipinski definition) is 2. The van der Waals surface area contributed by atoms with Gasteiger partial charge in [0.1, 0.15) is 5.82 Å². The molecule has 72 valence electrons. The predicted octanol–water partition coefficient (Wildman–Crippen LogP) is 1.86. The zero-order valence-electron chi connectivity index (χ0n) is 7.96. The van der Waals surface area contributed by atoms with E-state index in [0.717, 1.165) is 12.1 Å². The molecule has 2 nitrogen and oxygen atoms in total. The van der Waals surface area contributed by atoms with Crippen LogP contribution in [0.25, 0.3) is 0 Å². The molecule has 0 aliphatic heterocycles.